The van der Waals surface area contributed by atoms with Crippen LogP contribution in [0.1, 0.15) is 0 Å². The van der Waals surface area contributed by atoms with Crippen LogP contribution in [0.25, 0.3) is 0 Å². The molecule has 4 heavy (non-hydrogen) atoms. The molecule has 0 atom stereocenters. The molecular weight excluding hydrogens is 140 g/mol. The van der Waals surface area contributed by atoms with E-state index in [0.29, 0.717) is 0 Å². The van der Waals surface area contributed by atoms with Crippen molar-refractivity contribution in [3.05, 3.63) is 0 Å². The van der Waals surface area contributed by atoms with Crippen LogP contribution in [0.4, 0.5) is 0 Å². The Balaban J connectivity index is 2.30. The first kappa shape index (κ1) is 4.43. The first-order valence-electron chi connectivity index (χ1n) is 0.626. The van der Waals surface area contributed by atoms with Crippen LogP contribution in [0, 0.1) is 0 Å². The van der Waals surface area contributed by atoms with E-state index < -0.39 is 15.7 Å². The van der Waals surface area contributed by atoms with Gasteiger partial charge in [-0.05, 0) is 0 Å². The van der Waals surface area contributed by atoms with Crippen LogP contribution in [-0.4, -0.2) is 15.7 Å². The van der Waals surface area contributed by atoms with Gasteiger partial charge in [0, 0.05) is 0 Å². The second kappa shape index (κ2) is 3.43. The Bertz CT molecular complexity index is 20.0. The topological polar surface area (TPSA) is 26.3 Å². The van der Waals surface area contributed by atoms with Crippen LogP contribution in [-0.2, 0) is 7.09 Å². The summed E-state index contributed by atoms with van der Waals surface area (Å²) in [5, 5.41) is 0. The zero-order valence-electron chi connectivity index (χ0n) is 1.77. The molecule has 0 fully saturated rings. The second-order valence-corrected chi connectivity index (χ2v) is 1.89. The van der Waals surface area contributed by atoms with Crippen molar-refractivity contribution in [1.29, 1.82) is 0 Å². The fourth-order valence-electron chi connectivity index (χ4n) is 0. The van der Waals surface area contributed by atoms with Crippen molar-refractivity contribution in [3.63, 3.8) is 0 Å². The molecule has 0 saturated carbocycles. The summed E-state index contributed by atoms with van der Waals surface area (Å²) in [6.07, 6.45) is 0. The molecule has 24 valence electrons. The monoisotopic (exact) mass is 142 g/mol. The summed E-state index contributed by atoms with van der Waals surface area (Å²) in [4.78, 5) is 0. The molecule has 0 aromatic heterocycles. The maximum absolute atomic E-state index is 9.10. The van der Waals surface area contributed by atoms with Gasteiger partial charge in [0.25, 0.3) is 0 Å². The summed E-state index contributed by atoms with van der Waals surface area (Å²) < 4.78 is 12.7. The van der Waals surface area contributed by atoms with Gasteiger partial charge in [-0.25, -0.2) is 0 Å². The van der Waals surface area contributed by atoms with E-state index in [-0.39, 0.29) is 0 Å². The predicted octanol–water partition coefficient (Wildman–Crippen LogP) is -0.146. The molecule has 0 bridgehead atoms. The van der Waals surface area contributed by atoms with Crippen LogP contribution in [0.2, 0.25) is 0 Å². The van der Waals surface area contributed by atoms with Gasteiger partial charge < -0.3 is 0 Å². The molecule has 0 heterocycles. The van der Waals surface area contributed by atoms with Crippen molar-refractivity contribution in [2.24, 2.45) is 0 Å². The minimum atomic E-state index is -1.67. The number of hydrogen-bond donors (Lipinski definition) is 0. The average Bonchev–Trinajstić information content (AvgIpc) is 1.37. The molecule has 0 aliphatic carbocycles. The predicted molar refractivity (Wildman–Crippen MR) is 14.8 cm³/mol. The molecule has 2 nitrogen and oxygen atoms in total. The van der Waals surface area contributed by atoms with Gasteiger partial charge in [-0.15, -0.1) is 0 Å². The molecule has 0 spiro atoms. The van der Waals surface area contributed by atoms with E-state index in [0.717, 1.165) is 0 Å². The van der Waals surface area contributed by atoms with E-state index in [1.165, 1.54) is 0 Å². The Hall–Kier alpha value is 0.433. The number of rotatable bonds is 1. The van der Waals surface area contributed by atoms with Gasteiger partial charge in [0.2, 0.25) is 0 Å². The molecule has 4 heteroatoms. The molecular formula is HClGeO2. The fraction of sp³-hybridized carbons (Fsp3) is 0. The number of halogens is 1. The van der Waals surface area contributed by atoms with E-state index in [1.54, 1.807) is 0 Å². The third-order valence-corrected chi connectivity index (χ3v) is 0.567. The Morgan fingerprint density at radius 2 is 2.25 bits per heavy atom. The Morgan fingerprint density at radius 1 is 2.00 bits per heavy atom. The average molecular weight is 141 g/mol. The van der Waals surface area contributed by atoms with Gasteiger partial charge in [0.1, 0.15) is 0 Å². The standard InChI is InChI=1S/ClGeHO2/c1-4-2-3/h2H. The van der Waals surface area contributed by atoms with Gasteiger partial charge in [0.05, 0.1) is 0 Å². The Kier molecular flexibility index (Phi) is 3.80. The maximum atomic E-state index is 9.10. The van der Waals surface area contributed by atoms with E-state index in [4.69, 9.17) is 3.78 Å². The molecule has 0 aliphatic heterocycles. The minimum absolute atomic E-state index is 1.67. The van der Waals surface area contributed by atoms with Crippen LogP contribution in [0.15, 0.2) is 0 Å². The van der Waals surface area contributed by atoms with Crippen molar-refractivity contribution in [1.82, 2.24) is 0 Å². The summed E-state index contributed by atoms with van der Waals surface area (Å²) in [6, 6.07) is 0. The van der Waals surface area contributed by atoms with E-state index in [9.17, 15) is 0 Å². The summed E-state index contributed by atoms with van der Waals surface area (Å²) >= 11 is 2.77. The molecule has 0 rings (SSSR count). The van der Waals surface area contributed by atoms with Crippen LogP contribution in [0.3, 0.4) is 0 Å². The van der Waals surface area contributed by atoms with Crippen molar-refractivity contribution >= 4 is 27.6 Å². The molecule has 0 unspecified atom stereocenters. The molecule has 0 N–H and O–H groups in total. The molecule has 0 radical (unpaired) electrons. The van der Waals surface area contributed by atoms with E-state index in [1.807, 2.05) is 0 Å². The van der Waals surface area contributed by atoms with Gasteiger partial charge in [-0.1, -0.05) is 0 Å². The third kappa shape index (κ3) is 2.43. The van der Waals surface area contributed by atoms with Gasteiger partial charge >= 0.3 is 34.7 Å². The molecule has 0 amide bonds. The summed E-state index contributed by atoms with van der Waals surface area (Å²) in [7, 11) is 0. The van der Waals surface area contributed by atoms with Gasteiger partial charge in [-0.2, -0.15) is 0 Å². The van der Waals surface area contributed by atoms with Crippen molar-refractivity contribution in [2.75, 3.05) is 0 Å². The van der Waals surface area contributed by atoms with Crippen LogP contribution >= 0.6 is 11.9 Å². The summed E-state index contributed by atoms with van der Waals surface area (Å²) in [5.41, 5.74) is 0. The summed E-state index contributed by atoms with van der Waals surface area (Å²) in [5.74, 6) is 0. The molecule has 0 aliphatic rings. The van der Waals surface area contributed by atoms with Crippen LogP contribution < -0.4 is 0 Å². The first-order chi connectivity index (χ1) is 1.91. The molecule has 0 saturated heterocycles. The summed E-state index contributed by atoms with van der Waals surface area (Å²) in [6.45, 7) is 0. The molecule has 0 aromatic carbocycles. The van der Waals surface area contributed by atoms with Crippen molar-refractivity contribution < 1.29 is 7.09 Å². The van der Waals surface area contributed by atoms with Crippen LogP contribution in [0.5, 0.6) is 0 Å². The zero-order chi connectivity index (χ0) is 3.41. The van der Waals surface area contributed by atoms with Crippen molar-refractivity contribution in [3.8, 4) is 0 Å². The van der Waals surface area contributed by atoms with Gasteiger partial charge in [0.15, 0.2) is 0 Å². The fourth-order valence-corrected chi connectivity index (χ4v) is 0. The second-order valence-electron chi connectivity index (χ2n) is 0.185. The SMILES string of the molecule is [O]=[GeH][O]Cl. The quantitative estimate of drug-likeness (QED) is 0.475. The Morgan fingerprint density at radius 3 is 2.25 bits per heavy atom. The first-order valence-corrected chi connectivity index (χ1v) is 2.91. The normalized spacial score (nSPS) is 5.25. The van der Waals surface area contributed by atoms with Crippen molar-refractivity contribution in [2.45, 2.75) is 0 Å². The molecule has 0 aromatic rings. The number of hydrogen-bond acceptors (Lipinski definition) is 2. The zero-order valence-corrected chi connectivity index (χ0v) is 4.95. The van der Waals surface area contributed by atoms with E-state index >= 15 is 0 Å². The van der Waals surface area contributed by atoms with Gasteiger partial charge in [-0.3, -0.25) is 0 Å². The third-order valence-electron chi connectivity index (χ3n) is 0.0364. The Labute approximate surface area is 35.3 Å². The van der Waals surface area contributed by atoms with E-state index in [2.05, 4.69) is 15.2 Å².